The minimum atomic E-state index is -1.08. The first kappa shape index (κ1) is 19.3. The molecule has 0 unspecified atom stereocenters. The van der Waals surface area contributed by atoms with Crippen molar-refractivity contribution in [2.75, 3.05) is 6.61 Å². The van der Waals surface area contributed by atoms with Crippen LogP contribution in [0.15, 0.2) is 42.6 Å². The first-order valence-corrected chi connectivity index (χ1v) is 13.5. The Bertz CT molecular complexity index is 901. The number of ether oxygens (including phenoxy) is 1. The number of nitrogens with zero attached hydrogens (tertiary/aromatic N) is 3. The van der Waals surface area contributed by atoms with E-state index < -0.39 is 8.07 Å². The Morgan fingerprint density at radius 3 is 2.69 bits per heavy atom. The highest BCUT2D eigenvalue weighted by molar-refractivity contribution is 14.1. The quantitative estimate of drug-likeness (QED) is 0.256. The zero-order valence-electron chi connectivity index (χ0n) is 15.4. The first-order valence-electron chi connectivity index (χ1n) is 8.76. The van der Waals surface area contributed by atoms with Gasteiger partial charge in [0.25, 0.3) is 0 Å². The van der Waals surface area contributed by atoms with Crippen LogP contribution in [0.5, 0.6) is 0 Å². The summed E-state index contributed by atoms with van der Waals surface area (Å²) in [6, 6.07) is 13.3. The van der Waals surface area contributed by atoms with E-state index in [4.69, 9.17) is 9.84 Å². The predicted molar refractivity (Wildman–Crippen MR) is 120 cm³/mol. The van der Waals surface area contributed by atoms with Crippen LogP contribution in [0.2, 0.25) is 25.7 Å². The van der Waals surface area contributed by atoms with E-state index in [1.165, 1.54) is 3.57 Å². The van der Waals surface area contributed by atoms with Gasteiger partial charge in [-0.15, -0.1) is 0 Å². The van der Waals surface area contributed by atoms with Gasteiger partial charge in [0.2, 0.25) is 0 Å². The summed E-state index contributed by atoms with van der Waals surface area (Å²) in [5.41, 5.74) is 2.97. The topological polar surface area (TPSA) is 39.9 Å². The van der Waals surface area contributed by atoms with Crippen LogP contribution in [0.25, 0.3) is 23.1 Å². The molecule has 6 heteroatoms. The smallest absolute Gasteiger partial charge is 0.140 e. The summed E-state index contributed by atoms with van der Waals surface area (Å²) in [5.74, 6) is 0. The molecule has 0 spiro atoms. The lowest BCUT2D eigenvalue weighted by atomic mass is 10.2. The standard InChI is InChI=1S/C20H24IN3OSi/c1-26(2,3)14-13-25-15-24-19-9-6-8-17(21)20(19)18(23-24)11-10-16-7-4-5-12-22-16/h4-12H,13-15H2,1-3H3. The average molecular weight is 477 g/mol. The summed E-state index contributed by atoms with van der Waals surface area (Å²) < 4.78 is 9.06. The second-order valence-corrected chi connectivity index (χ2v) is 14.2. The molecule has 0 fully saturated rings. The second-order valence-electron chi connectivity index (χ2n) is 7.45. The minimum Gasteiger partial charge on any atom is -0.360 e. The maximum absolute atomic E-state index is 5.92. The van der Waals surface area contributed by atoms with Gasteiger partial charge in [-0.05, 0) is 65.1 Å². The van der Waals surface area contributed by atoms with Gasteiger partial charge in [0, 0.05) is 29.8 Å². The Morgan fingerprint density at radius 1 is 1.12 bits per heavy atom. The van der Waals surface area contributed by atoms with E-state index in [1.54, 1.807) is 6.20 Å². The lowest BCUT2D eigenvalue weighted by Gasteiger charge is -2.15. The Morgan fingerprint density at radius 2 is 1.96 bits per heavy atom. The van der Waals surface area contributed by atoms with Crippen LogP contribution < -0.4 is 0 Å². The summed E-state index contributed by atoms with van der Waals surface area (Å²) in [6.45, 7) is 8.37. The zero-order chi connectivity index (χ0) is 18.6. The van der Waals surface area contributed by atoms with Crippen LogP contribution in [0.4, 0.5) is 0 Å². The number of hydrogen-bond acceptors (Lipinski definition) is 3. The number of benzene rings is 1. The Kier molecular flexibility index (Phi) is 6.26. The molecular weight excluding hydrogens is 453 g/mol. The van der Waals surface area contributed by atoms with Crippen molar-refractivity contribution in [1.82, 2.24) is 14.8 Å². The van der Waals surface area contributed by atoms with Crippen LogP contribution >= 0.6 is 22.6 Å². The molecule has 0 atom stereocenters. The molecule has 2 heterocycles. The molecule has 0 radical (unpaired) electrons. The number of rotatable bonds is 7. The molecule has 0 amide bonds. The third-order valence-corrected chi connectivity index (χ3v) is 6.67. The predicted octanol–water partition coefficient (Wildman–Crippen LogP) is 5.52. The first-order chi connectivity index (χ1) is 12.4. The molecule has 136 valence electrons. The molecule has 0 aliphatic rings. The monoisotopic (exact) mass is 477 g/mol. The van der Waals surface area contributed by atoms with E-state index in [0.29, 0.717) is 6.73 Å². The normalized spacial score (nSPS) is 12.3. The maximum atomic E-state index is 5.92. The van der Waals surface area contributed by atoms with Gasteiger partial charge in [-0.1, -0.05) is 31.8 Å². The number of aromatic nitrogens is 3. The Labute approximate surface area is 169 Å². The van der Waals surface area contributed by atoms with Crippen molar-refractivity contribution in [2.45, 2.75) is 32.4 Å². The third kappa shape index (κ3) is 5.02. The SMILES string of the molecule is C[Si](C)(C)CCOCn1nc(C=Cc2ccccn2)c2c(I)cccc21. The van der Waals surface area contributed by atoms with Crippen molar-refractivity contribution in [1.29, 1.82) is 0 Å². The van der Waals surface area contributed by atoms with E-state index in [9.17, 15) is 0 Å². The summed E-state index contributed by atoms with van der Waals surface area (Å²) >= 11 is 2.37. The molecule has 0 aliphatic heterocycles. The van der Waals surface area contributed by atoms with Gasteiger partial charge in [0.15, 0.2) is 0 Å². The molecule has 3 rings (SSSR count). The van der Waals surface area contributed by atoms with Gasteiger partial charge >= 0.3 is 0 Å². The molecule has 0 N–H and O–H groups in total. The third-order valence-electron chi connectivity index (χ3n) is 4.06. The maximum Gasteiger partial charge on any atom is 0.140 e. The van der Waals surface area contributed by atoms with E-state index >= 15 is 0 Å². The highest BCUT2D eigenvalue weighted by Gasteiger charge is 2.14. The van der Waals surface area contributed by atoms with Crippen LogP contribution in [-0.2, 0) is 11.5 Å². The lowest BCUT2D eigenvalue weighted by molar-refractivity contribution is 0.0816. The fourth-order valence-electron chi connectivity index (χ4n) is 2.60. The largest absolute Gasteiger partial charge is 0.360 e. The molecular formula is C20H24IN3OSi. The minimum absolute atomic E-state index is 0.485. The van der Waals surface area contributed by atoms with Crippen molar-refractivity contribution in [3.8, 4) is 0 Å². The molecule has 1 aromatic carbocycles. The van der Waals surface area contributed by atoms with Gasteiger partial charge in [0.1, 0.15) is 6.73 Å². The zero-order valence-corrected chi connectivity index (χ0v) is 18.6. The van der Waals surface area contributed by atoms with Crippen molar-refractivity contribution < 1.29 is 4.74 Å². The van der Waals surface area contributed by atoms with E-state index in [2.05, 4.69) is 65.4 Å². The summed E-state index contributed by atoms with van der Waals surface area (Å²) in [6.07, 6.45) is 5.83. The number of fused-ring (bicyclic) bond motifs is 1. The fraction of sp³-hybridized carbons (Fsp3) is 0.300. The Hall–Kier alpha value is -1.51. The number of hydrogen-bond donors (Lipinski definition) is 0. The molecule has 3 aromatic rings. The highest BCUT2D eigenvalue weighted by Crippen LogP contribution is 2.26. The lowest BCUT2D eigenvalue weighted by Crippen LogP contribution is -2.22. The van der Waals surface area contributed by atoms with Crippen LogP contribution in [0.1, 0.15) is 11.4 Å². The van der Waals surface area contributed by atoms with E-state index in [1.807, 2.05) is 35.0 Å². The summed E-state index contributed by atoms with van der Waals surface area (Å²) in [7, 11) is -1.08. The second kappa shape index (κ2) is 8.45. The highest BCUT2D eigenvalue weighted by atomic mass is 127. The van der Waals surface area contributed by atoms with Crippen molar-refractivity contribution >= 4 is 53.7 Å². The molecule has 26 heavy (non-hydrogen) atoms. The van der Waals surface area contributed by atoms with Gasteiger partial charge in [-0.2, -0.15) is 5.10 Å². The van der Waals surface area contributed by atoms with Gasteiger partial charge in [-0.3, -0.25) is 4.98 Å². The van der Waals surface area contributed by atoms with Crippen molar-refractivity contribution in [2.24, 2.45) is 0 Å². The van der Waals surface area contributed by atoms with E-state index in [-0.39, 0.29) is 0 Å². The van der Waals surface area contributed by atoms with Crippen LogP contribution in [0.3, 0.4) is 0 Å². The molecule has 0 aliphatic carbocycles. The molecule has 0 saturated carbocycles. The molecule has 4 nitrogen and oxygen atoms in total. The number of halogens is 1. The van der Waals surface area contributed by atoms with E-state index in [0.717, 1.165) is 34.9 Å². The number of pyridine rings is 1. The van der Waals surface area contributed by atoms with Gasteiger partial charge in [0.05, 0.1) is 16.9 Å². The van der Waals surface area contributed by atoms with Crippen molar-refractivity contribution in [3.05, 3.63) is 57.6 Å². The summed E-state index contributed by atoms with van der Waals surface area (Å²) in [5, 5.41) is 5.94. The molecule has 0 saturated heterocycles. The Balaban J connectivity index is 1.84. The fourth-order valence-corrected chi connectivity index (χ4v) is 4.12. The average Bonchev–Trinajstić information content (AvgIpc) is 2.96. The molecule has 0 bridgehead atoms. The van der Waals surface area contributed by atoms with Gasteiger partial charge in [-0.25, -0.2) is 4.68 Å². The summed E-state index contributed by atoms with van der Waals surface area (Å²) in [4.78, 5) is 4.34. The van der Waals surface area contributed by atoms with Gasteiger partial charge < -0.3 is 4.74 Å². The van der Waals surface area contributed by atoms with Crippen molar-refractivity contribution in [3.63, 3.8) is 0 Å². The van der Waals surface area contributed by atoms with Crippen LogP contribution in [0, 0.1) is 3.57 Å². The molecule has 2 aromatic heterocycles. The van der Waals surface area contributed by atoms with Crippen LogP contribution in [-0.4, -0.2) is 29.4 Å².